The second-order valence-corrected chi connectivity index (χ2v) is 10.8. The second-order valence-electron chi connectivity index (χ2n) is 10.8. The molecule has 1 N–H and O–H groups in total. The first kappa shape index (κ1) is 29.4. The van der Waals surface area contributed by atoms with Crippen molar-refractivity contribution in [3.8, 4) is 17.3 Å². The van der Waals surface area contributed by atoms with Crippen molar-refractivity contribution in [2.45, 2.75) is 43.3 Å². The number of nitriles is 1. The zero-order valence-electron chi connectivity index (χ0n) is 22.8. The molecule has 2 saturated heterocycles. The molecular formula is C30H29F5N6O. The Hall–Kier alpha value is -4.11. The molecule has 1 atom stereocenters. The van der Waals surface area contributed by atoms with Crippen molar-refractivity contribution < 1.29 is 26.7 Å². The smallest absolute Gasteiger partial charge is 0.370 e. The zero-order chi connectivity index (χ0) is 30.1. The van der Waals surface area contributed by atoms with Crippen molar-refractivity contribution in [2.75, 3.05) is 38.1 Å². The number of aromatic nitrogens is 2. The fourth-order valence-corrected chi connectivity index (χ4v) is 5.87. The number of hydrogen-bond acceptors (Lipinski definition) is 6. The molecule has 220 valence electrons. The molecule has 2 fully saturated rings. The van der Waals surface area contributed by atoms with E-state index >= 15 is 0 Å². The maximum atomic E-state index is 13.9. The summed E-state index contributed by atoms with van der Waals surface area (Å²) >= 11 is 0. The Labute approximate surface area is 240 Å². The Morgan fingerprint density at radius 2 is 1.88 bits per heavy atom. The fourth-order valence-electron chi connectivity index (χ4n) is 5.87. The number of rotatable bonds is 6. The highest BCUT2D eigenvalue weighted by atomic mass is 19.4. The number of amides is 1. The third-order valence-electron chi connectivity index (χ3n) is 8.20. The van der Waals surface area contributed by atoms with E-state index in [9.17, 15) is 32.0 Å². The van der Waals surface area contributed by atoms with Crippen molar-refractivity contribution in [3.05, 3.63) is 77.2 Å². The van der Waals surface area contributed by atoms with E-state index in [1.807, 2.05) is 18.0 Å². The summed E-state index contributed by atoms with van der Waals surface area (Å²) < 4.78 is 66.8. The minimum absolute atomic E-state index is 0.0336. The van der Waals surface area contributed by atoms with Crippen LogP contribution in [0.15, 0.2) is 54.9 Å². The molecule has 0 spiro atoms. The lowest BCUT2D eigenvalue weighted by Crippen LogP contribution is -2.54. The van der Waals surface area contributed by atoms with E-state index in [0.29, 0.717) is 49.4 Å². The minimum atomic E-state index is -4.57. The first-order valence-corrected chi connectivity index (χ1v) is 13.6. The van der Waals surface area contributed by atoms with Crippen molar-refractivity contribution in [1.82, 2.24) is 20.2 Å². The van der Waals surface area contributed by atoms with Crippen molar-refractivity contribution in [1.29, 1.82) is 5.26 Å². The number of anilines is 1. The number of carbonyl (C=O) groups excluding carboxylic acids is 1. The first-order chi connectivity index (χ1) is 20.0. The number of alkyl halides is 5. The number of likely N-dealkylation sites (N-methyl/N-ethyl adjacent to an activating group) is 1. The summed E-state index contributed by atoms with van der Waals surface area (Å²) in [5.74, 6) is -0.181. The summed E-state index contributed by atoms with van der Waals surface area (Å²) in [6, 6.07) is 11.3. The Bertz CT molecular complexity index is 1480. The lowest BCUT2D eigenvalue weighted by molar-refractivity contribution is -0.137. The third-order valence-corrected chi connectivity index (χ3v) is 8.20. The van der Waals surface area contributed by atoms with Gasteiger partial charge in [0.15, 0.2) is 0 Å². The van der Waals surface area contributed by atoms with E-state index in [1.165, 1.54) is 24.5 Å². The fraction of sp³-hybridized carbons (Fsp3) is 0.400. The van der Waals surface area contributed by atoms with Gasteiger partial charge in [-0.15, -0.1) is 0 Å². The largest absolute Gasteiger partial charge is 0.416 e. The second kappa shape index (κ2) is 11.6. The molecule has 0 saturated carbocycles. The molecule has 12 heteroatoms. The van der Waals surface area contributed by atoms with Crippen LogP contribution in [0, 0.1) is 11.3 Å². The number of piperidine rings is 1. The quantitative estimate of drug-likeness (QED) is 0.395. The predicted molar refractivity (Wildman–Crippen MR) is 146 cm³/mol. The molecule has 0 aliphatic carbocycles. The number of pyridine rings is 2. The highest BCUT2D eigenvalue weighted by Gasteiger charge is 2.45. The van der Waals surface area contributed by atoms with Crippen molar-refractivity contribution in [2.24, 2.45) is 0 Å². The molecule has 3 aromatic rings. The monoisotopic (exact) mass is 584 g/mol. The Morgan fingerprint density at radius 3 is 2.48 bits per heavy atom. The normalized spacial score (nSPS) is 19.1. The number of benzene rings is 1. The van der Waals surface area contributed by atoms with Crippen LogP contribution in [0.25, 0.3) is 11.3 Å². The van der Waals surface area contributed by atoms with E-state index in [-0.39, 0.29) is 28.8 Å². The van der Waals surface area contributed by atoms with Gasteiger partial charge in [-0.2, -0.15) is 18.4 Å². The van der Waals surface area contributed by atoms with Gasteiger partial charge < -0.3 is 15.1 Å². The topological polar surface area (TPSA) is 85.2 Å². The molecule has 0 radical (unpaired) electrons. The van der Waals surface area contributed by atoms with Crippen LogP contribution in [-0.4, -0.2) is 60.0 Å². The van der Waals surface area contributed by atoms with Crippen LogP contribution in [-0.2, 0) is 16.4 Å². The summed E-state index contributed by atoms with van der Waals surface area (Å²) in [5, 5.41) is 12.8. The van der Waals surface area contributed by atoms with E-state index in [2.05, 4.69) is 20.2 Å². The molecule has 1 amide bonds. The molecule has 2 aromatic heterocycles. The van der Waals surface area contributed by atoms with E-state index < -0.39 is 23.6 Å². The highest BCUT2D eigenvalue weighted by Crippen LogP contribution is 2.40. The maximum absolute atomic E-state index is 13.9. The lowest BCUT2D eigenvalue weighted by atomic mass is 9.72. The number of nitrogens with zero attached hydrogens (tertiary/aromatic N) is 5. The first-order valence-electron chi connectivity index (χ1n) is 13.6. The number of hydrogen-bond donors (Lipinski definition) is 1. The molecule has 5 rings (SSSR count). The van der Waals surface area contributed by atoms with Crippen LogP contribution in [0.2, 0.25) is 0 Å². The van der Waals surface area contributed by atoms with Gasteiger partial charge in [0, 0.05) is 43.6 Å². The van der Waals surface area contributed by atoms with Gasteiger partial charge in [0.2, 0.25) is 5.91 Å². The van der Waals surface area contributed by atoms with Crippen molar-refractivity contribution in [3.63, 3.8) is 0 Å². The Kier molecular flexibility index (Phi) is 8.14. The standard InChI is InChI=1S/C30H29F5N6O/c1-40-12-8-22(18-40)39-28(42)29(21-4-6-24(38-17-21)23-3-2-11-37-26(23)27(31)32)9-13-41(14-10-29)25-7-5-20(30(33,34)35)15-19(25)16-36/h2-7,11,15,17,22,27H,8-10,12-14,18H2,1H3,(H,39,42)/t22-/m0/s1. The predicted octanol–water partition coefficient (Wildman–Crippen LogP) is 5.33. The molecule has 7 nitrogen and oxygen atoms in total. The molecule has 1 aromatic carbocycles. The molecule has 2 aliphatic heterocycles. The van der Waals surface area contributed by atoms with Crippen LogP contribution < -0.4 is 10.2 Å². The third kappa shape index (κ3) is 5.79. The van der Waals surface area contributed by atoms with Crippen LogP contribution in [0.1, 0.15) is 48.1 Å². The van der Waals surface area contributed by atoms with Gasteiger partial charge in [-0.25, -0.2) is 8.78 Å². The molecule has 42 heavy (non-hydrogen) atoms. The summed E-state index contributed by atoms with van der Waals surface area (Å²) in [6.45, 7) is 2.17. The molecule has 2 aliphatic rings. The summed E-state index contributed by atoms with van der Waals surface area (Å²) in [4.78, 5) is 26.1. The minimum Gasteiger partial charge on any atom is -0.370 e. The van der Waals surface area contributed by atoms with Gasteiger partial charge in [0.1, 0.15) is 11.8 Å². The van der Waals surface area contributed by atoms with Gasteiger partial charge >= 0.3 is 6.18 Å². The summed E-state index contributed by atoms with van der Waals surface area (Å²) in [6.07, 6.45) is -3.10. The number of nitrogens with one attached hydrogen (secondary N) is 1. The summed E-state index contributed by atoms with van der Waals surface area (Å²) in [5.41, 5.74) is -0.885. The van der Waals surface area contributed by atoms with Crippen molar-refractivity contribution >= 4 is 11.6 Å². The van der Waals surface area contributed by atoms with Crippen LogP contribution in [0.5, 0.6) is 0 Å². The Morgan fingerprint density at radius 1 is 1.12 bits per heavy atom. The van der Waals surface area contributed by atoms with E-state index in [4.69, 9.17) is 0 Å². The van der Waals surface area contributed by atoms with Crippen LogP contribution >= 0.6 is 0 Å². The van der Waals surface area contributed by atoms with Gasteiger partial charge in [-0.05, 0) is 74.8 Å². The van der Waals surface area contributed by atoms with Crippen LogP contribution in [0.3, 0.4) is 0 Å². The zero-order valence-corrected chi connectivity index (χ0v) is 22.8. The average Bonchev–Trinajstić information content (AvgIpc) is 3.40. The van der Waals surface area contributed by atoms with Gasteiger partial charge in [0.05, 0.1) is 27.9 Å². The van der Waals surface area contributed by atoms with Crippen LogP contribution in [0.4, 0.5) is 27.6 Å². The highest BCUT2D eigenvalue weighted by molar-refractivity contribution is 5.89. The maximum Gasteiger partial charge on any atom is 0.416 e. The summed E-state index contributed by atoms with van der Waals surface area (Å²) in [7, 11) is 1.98. The van der Waals surface area contributed by atoms with E-state index in [1.54, 1.807) is 18.2 Å². The lowest BCUT2D eigenvalue weighted by Gasteiger charge is -2.42. The number of halogens is 5. The SMILES string of the molecule is CN1CC[C@H](NC(=O)C2(c3ccc(-c4cccnc4C(F)F)nc3)CCN(c3ccc(C(F)(F)F)cc3C#N)CC2)C1. The Balaban J connectivity index is 1.45. The average molecular weight is 585 g/mol. The number of carbonyl (C=O) groups is 1. The van der Waals surface area contributed by atoms with Gasteiger partial charge in [-0.1, -0.05) is 6.07 Å². The molecular weight excluding hydrogens is 555 g/mol. The molecule has 0 bridgehead atoms. The molecule has 4 heterocycles. The van der Waals surface area contributed by atoms with E-state index in [0.717, 1.165) is 25.1 Å². The van der Waals surface area contributed by atoms with Gasteiger partial charge in [0.25, 0.3) is 6.43 Å². The number of likely N-dealkylation sites (tertiary alicyclic amines) is 1. The molecule has 0 unspecified atom stereocenters. The van der Waals surface area contributed by atoms with Gasteiger partial charge in [-0.3, -0.25) is 14.8 Å².